The first-order chi connectivity index (χ1) is 11.1. The molecule has 1 aromatic carbocycles. The fourth-order valence-electron chi connectivity index (χ4n) is 2.20. The van der Waals surface area contributed by atoms with Crippen molar-refractivity contribution in [1.29, 1.82) is 0 Å². The summed E-state index contributed by atoms with van der Waals surface area (Å²) in [6, 6.07) is 8.89. The minimum absolute atomic E-state index is 0.118. The lowest BCUT2D eigenvalue weighted by Crippen LogP contribution is -2.03. The van der Waals surface area contributed by atoms with E-state index in [9.17, 15) is 10.1 Å². The maximum atomic E-state index is 11.1. The van der Waals surface area contributed by atoms with Crippen molar-refractivity contribution in [2.45, 2.75) is 13.5 Å². The third-order valence-electron chi connectivity index (χ3n) is 3.32. The Morgan fingerprint density at radius 2 is 2.04 bits per heavy atom. The maximum absolute atomic E-state index is 11.1. The number of nitro benzene ring substituents is 1. The van der Waals surface area contributed by atoms with Crippen LogP contribution in [0.2, 0.25) is 0 Å². The van der Waals surface area contributed by atoms with Gasteiger partial charge in [-0.1, -0.05) is 11.6 Å². The van der Waals surface area contributed by atoms with Crippen molar-refractivity contribution < 1.29 is 4.92 Å². The Labute approximate surface area is 137 Å². The maximum Gasteiger partial charge on any atom is 0.274 e. The van der Waals surface area contributed by atoms with Crippen LogP contribution in [0.1, 0.15) is 11.1 Å². The lowest BCUT2D eigenvalue weighted by molar-refractivity contribution is -0.385. The molecule has 1 N–H and O–H groups in total. The van der Waals surface area contributed by atoms with Gasteiger partial charge in [-0.25, -0.2) is 4.98 Å². The van der Waals surface area contributed by atoms with Gasteiger partial charge in [0.1, 0.15) is 10.8 Å². The van der Waals surface area contributed by atoms with Crippen LogP contribution in [0.5, 0.6) is 0 Å². The van der Waals surface area contributed by atoms with Gasteiger partial charge >= 0.3 is 0 Å². The molecule has 6 nitrogen and oxygen atoms in total. The number of nitro groups is 1. The molecule has 3 aromatic rings. The van der Waals surface area contributed by atoms with Gasteiger partial charge in [0.2, 0.25) is 0 Å². The molecule has 0 bridgehead atoms. The van der Waals surface area contributed by atoms with Crippen LogP contribution in [0, 0.1) is 17.0 Å². The smallest absolute Gasteiger partial charge is 0.274 e. The second-order valence-electron chi connectivity index (χ2n) is 5.02. The van der Waals surface area contributed by atoms with Crippen molar-refractivity contribution in [3.8, 4) is 10.6 Å². The third kappa shape index (κ3) is 3.51. The fraction of sp³-hybridized carbons (Fsp3) is 0.125. The summed E-state index contributed by atoms with van der Waals surface area (Å²) in [6.45, 7) is 2.27. The molecule has 0 atom stereocenters. The number of aryl methyl sites for hydroxylation is 1. The van der Waals surface area contributed by atoms with Crippen LogP contribution in [0.25, 0.3) is 10.6 Å². The zero-order valence-electron chi connectivity index (χ0n) is 12.4. The first-order valence-electron chi connectivity index (χ1n) is 6.97. The normalized spacial score (nSPS) is 10.5. The van der Waals surface area contributed by atoms with Gasteiger partial charge in [-0.05, 0) is 25.1 Å². The number of anilines is 1. The SMILES string of the molecule is Cc1ccc([N+](=O)[O-])c(CNc2csc(-c3ccncc3)n2)c1. The molecule has 7 heteroatoms. The summed E-state index contributed by atoms with van der Waals surface area (Å²) < 4.78 is 0. The van der Waals surface area contributed by atoms with Gasteiger partial charge in [-0.3, -0.25) is 15.1 Å². The Kier molecular flexibility index (Phi) is 4.29. The second-order valence-corrected chi connectivity index (χ2v) is 5.87. The van der Waals surface area contributed by atoms with Crippen LogP contribution >= 0.6 is 11.3 Å². The minimum atomic E-state index is -0.361. The summed E-state index contributed by atoms with van der Waals surface area (Å²) >= 11 is 1.52. The summed E-state index contributed by atoms with van der Waals surface area (Å²) in [6.07, 6.45) is 3.44. The van der Waals surface area contributed by atoms with Gasteiger partial charge in [0.25, 0.3) is 5.69 Å². The lowest BCUT2D eigenvalue weighted by Gasteiger charge is -2.05. The number of aromatic nitrogens is 2. The molecular weight excluding hydrogens is 312 g/mol. The minimum Gasteiger partial charge on any atom is -0.365 e. The van der Waals surface area contributed by atoms with E-state index in [4.69, 9.17) is 0 Å². The predicted octanol–water partition coefficient (Wildman–Crippen LogP) is 4.03. The van der Waals surface area contributed by atoms with Crippen molar-refractivity contribution in [2.75, 3.05) is 5.32 Å². The first kappa shape index (κ1) is 15.1. The number of nitrogens with zero attached hydrogens (tertiary/aromatic N) is 3. The quantitative estimate of drug-likeness (QED) is 0.565. The highest BCUT2D eigenvalue weighted by Gasteiger charge is 2.13. The highest BCUT2D eigenvalue weighted by Crippen LogP contribution is 2.26. The van der Waals surface area contributed by atoms with Crippen LogP contribution in [0.15, 0.2) is 48.1 Å². The van der Waals surface area contributed by atoms with E-state index >= 15 is 0 Å². The van der Waals surface area contributed by atoms with E-state index in [0.29, 0.717) is 17.9 Å². The molecule has 0 aliphatic heterocycles. The monoisotopic (exact) mass is 326 g/mol. The summed E-state index contributed by atoms with van der Waals surface area (Å²) in [5, 5.41) is 17.0. The van der Waals surface area contributed by atoms with E-state index < -0.39 is 0 Å². The number of hydrogen-bond acceptors (Lipinski definition) is 6. The van der Waals surface area contributed by atoms with Crippen LogP contribution in [-0.2, 0) is 6.54 Å². The Balaban J connectivity index is 1.76. The van der Waals surface area contributed by atoms with Gasteiger partial charge in [0.15, 0.2) is 0 Å². The number of benzene rings is 1. The molecule has 2 aromatic heterocycles. The molecule has 0 amide bonds. The Bertz CT molecular complexity index is 833. The molecule has 0 unspecified atom stereocenters. The third-order valence-corrected chi connectivity index (χ3v) is 4.21. The summed E-state index contributed by atoms with van der Waals surface area (Å²) in [5.74, 6) is 0.706. The van der Waals surface area contributed by atoms with E-state index in [-0.39, 0.29) is 10.6 Å². The lowest BCUT2D eigenvalue weighted by atomic mass is 10.1. The van der Waals surface area contributed by atoms with Gasteiger partial charge in [0.05, 0.1) is 4.92 Å². The molecule has 2 heterocycles. The molecule has 116 valence electrons. The highest BCUT2D eigenvalue weighted by molar-refractivity contribution is 7.13. The number of rotatable bonds is 5. The largest absolute Gasteiger partial charge is 0.365 e. The summed E-state index contributed by atoms with van der Waals surface area (Å²) in [7, 11) is 0. The van der Waals surface area contributed by atoms with Crippen LogP contribution in [0.4, 0.5) is 11.5 Å². The molecule has 0 fully saturated rings. The van der Waals surface area contributed by atoms with E-state index in [1.807, 2.05) is 30.5 Å². The van der Waals surface area contributed by atoms with E-state index in [1.165, 1.54) is 17.4 Å². The number of nitrogens with one attached hydrogen (secondary N) is 1. The number of thiazole rings is 1. The predicted molar refractivity (Wildman–Crippen MR) is 90.5 cm³/mol. The van der Waals surface area contributed by atoms with Gasteiger partial charge in [-0.2, -0.15) is 0 Å². The number of pyridine rings is 1. The second kappa shape index (κ2) is 6.53. The Morgan fingerprint density at radius 3 is 2.78 bits per heavy atom. The van der Waals surface area contributed by atoms with Crippen LogP contribution in [0.3, 0.4) is 0 Å². The zero-order chi connectivity index (χ0) is 16.2. The van der Waals surface area contributed by atoms with Gasteiger partial charge in [0, 0.05) is 41.5 Å². The van der Waals surface area contributed by atoms with Crippen molar-refractivity contribution in [3.05, 3.63) is 69.3 Å². The zero-order valence-corrected chi connectivity index (χ0v) is 13.2. The molecule has 0 aliphatic carbocycles. The Hall–Kier alpha value is -2.80. The van der Waals surface area contributed by atoms with Crippen LogP contribution in [-0.4, -0.2) is 14.9 Å². The molecule has 0 spiro atoms. The fourth-order valence-corrected chi connectivity index (χ4v) is 2.98. The summed E-state index contributed by atoms with van der Waals surface area (Å²) in [5.41, 5.74) is 2.75. The summed E-state index contributed by atoms with van der Waals surface area (Å²) in [4.78, 5) is 19.2. The average Bonchev–Trinajstić information content (AvgIpc) is 3.02. The molecule has 0 saturated heterocycles. The average molecular weight is 326 g/mol. The molecular formula is C16H14N4O2S. The standard InChI is InChI=1S/C16H14N4O2S/c1-11-2-3-14(20(21)22)13(8-11)9-18-15-10-23-16(19-15)12-4-6-17-7-5-12/h2-8,10,18H,9H2,1H3. The van der Waals surface area contributed by atoms with Crippen molar-refractivity contribution >= 4 is 22.8 Å². The van der Waals surface area contributed by atoms with Crippen molar-refractivity contribution in [2.24, 2.45) is 0 Å². The molecule has 3 rings (SSSR count). The first-order valence-corrected chi connectivity index (χ1v) is 7.85. The van der Waals surface area contributed by atoms with Gasteiger partial charge < -0.3 is 5.32 Å². The van der Waals surface area contributed by atoms with E-state index in [0.717, 1.165) is 16.1 Å². The van der Waals surface area contributed by atoms with Crippen LogP contribution < -0.4 is 5.32 Å². The highest BCUT2D eigenvalue weighted by atomic mass is 32.1. The number of hydrogen-bond donors (Lipinski definition) is 1. The van der Waals surface area contributed by atoms with Crippen molar-refractivity contribution in [3.63, 3.8) is 0 Å². The van der Waals surface area contributed by atoms with Gasteiger partial charge in [-0.15, -0.1) is 11.3 Å². The molecule has 0 radical (unpaired) electrons. The topological polar surface area (TPSA) is 81.0 Å². The molecule has 0 saturated carbocycles. The van der Waals surface area contributed by atoms with E-state index in [2.05, 4.69) is 15.3 Å². The van der Waals surface area contributed by atoms with Crippen molar-refractivity contribution in [1.82, 2.24) is 9.97 Å². The van der Waals surface area contributed by atoms with E-state index in [1.54, 1.807) is 18.5 Å². The molecule has 0 aliphatic rings. The Morgan fingerprint density at radius 1 is 1.26 bits per heavy atom. The molecule has 23 heavy (non-hydrogen) atoms.